The van der Waals surface area contributed by atoms with Gasteiger partial charge in [-0.05, 0) is 31.9 Å². The summed E-state index contributed by atoms with van der Waals surface area (Å²) in [6.07, 6.45) is -4.13. The van der Waals surface area contributed by atoms with E-state index in [4.69, 9.17) is 0 Å². The summed E-state index contributed by atoms with van der Waals surface area (Å²) in [6, 6.07) is 7.74. The van der Waals surface area contributed by atoms with Gasteiger partial charge in [0.05, 0.1) is 17.6 Å². The van der Waals surface area contributed by atoms with E-state index in [-0.39, 0.29) is 12.5 Å². The predicted octanol–water partition coefficient (Wildman–Crippen LogP) is 3.77. The molecule has 6 heteroatoms. The first-order valence-electron chi connectivity index (χ1n) is 6.68. The van der Waals surface area contributed by atoms with Crippen molar-refractivity contribution in [3.8, 4) is 0 Å². The molecule has 0 fully saturated rings. The fourth-order valence-electron chi connectivity index (χ4n) is 2.07. The zero-order chi connectivity index (χ0) is 14.6. The second kappa shape index (κ2) is 6.26. The van der Waals surface area contributed by atoms with Crippen LogP contribution in [0.3, 0.4) is 0 Å². The van der Waals surface area contributed by atoms with Crippen molar-refractivity contribution in [1.29, 1.82) is 0 Å². The van der Waals surface area contributed by atoms with Crippen LogP contribution in [0, 0.1) is 0 Å². The van der Waals surface area contributed by atoms with Gasteiger partial charge in [0, 0.05) is 12.5 Å². The number of nitrogens with one attached hydrogen (secondary N) is 2. The first-order chi connectivity index (χ1) is 9.44. The van der Waals surface area contributed by atoms with E-state index in [9.17, 15) is 13.2 Å². The maximum absolute atomic E-state index is 12.0. The molecule has 0 saturated carbocycles. The van der Waals surface area contributed by atoms with Gasteiger partial charge in [-0.15, -0.1) is 0 Å². The summed E-state index contributed by atoms with van der Waals surface area (Å²) in [6.45, 7) is 2.42. The smallest absolute Gasteiger partial charge is 0.341 e. The second-order valence-corrected chi connectivity index (χ2v) is 4.99. The molecule has 0 aliphatic carbocycles. The van der Waals surface area contributed by atoms with Crippen LogP contribution < -0.4 is 5.32 Å². The first-order valence-corrected chi connectivity index (χ1v) is 6.68. The average Bonchev–Trinajstić information content (AvgIpc) is 2.77. The molecule has 1 unspecified atom stereocenters. The Morgan fingerprint density at radius 3 is 2.75 bits per heavy atom. The van der Waals surface area contributed by atoms with E-state index >= 15 is 0 Å². The Kier molecular flexibility index (Phi) is 4.65. The van der Waals surface area contributed by atoms with Gasteiger partial charge in [0.15, 0.2) is 0 Å². The van der Waals surface area contributed by atoms with E-state index in [0.717, 1.165) is 16.9 Å². The van der Waals surface area contributed by atoms with Crippen LogP contribution in [0.25, 0.3) is 11.0 Å². The van der Waals surface area contributed by atoms with Gasteiger partial charge in [0.2, 0.25) is 0 Å². The number of aromatic amines is 1. The van der Waals surface area contributed by atoms with Crippen LogP contribution in [0.1, 0.15) is 32.0 Å². The maximum Gasteiger partial charge on any atom is 0.389 e. The molecule has 2 aromatic rings. The fraction of sp³-hybridized carbons (Fsp3) is 0.500. The van der Waals surface area contributed by atoms with Gasteiger partial charge in [-0.25, -0.2) is 4.98 Å². The van der Waals surface area contributed by atoms with Crippen LogP contribution in [-0.4, -0.2) is 22.2 Å². The van der Waals surface area contributed by atoms with Crippen molar-refractivity contribution in [3.63, 3.8) is 0 Å². The molecule has 20 heavy (non-hydrogen) atoms. The first kappa shape index (κ1) is 14.8. The third-order valence-corrected chi connectivity index (χ3v) is 3.15. The predicted molar refractivity (Wildman–Crippen MR) is 72.3 cm³/mol. The van der Waals surface area contributed by atoms with E-state index in [0.29, 0.717) is 13.0 Å². The summed E-state index contributed by atoms with van der Waals surface area (Å²) in [5, 5.41) is 3.19. The summed E-state index contributed by atoms with van der Waals surface area (Å²) in [5.41, 5.74) is 1.86. The molecular formula is C14H18F3N3. The van der Waals surface area contributed by atoms with Gasteiger partial charge in [-0.3, -0.25) is 0 Å². The van der Waals surface area contributed by atoms with Crippen molar-refractivity contribution >= 4 is 11.0 Å². The van der Waals surface area contributed by atoms with Gasteiger partial charge in [0.1, 0.15) is 5.82 Å². The maximum atomic E-state index is 12.0. The molecule has 1 atom stereocenters. The highest BCUT2D eigenvalue weighted by Crippen LogP contribution is 2.22. The molecule has 0 aliphatic heterocycles. The number of nitrogens with zero attached hydrogens (tertiary/aromatic N) is 1. The summed E-state index contributed by atoms with van der Waals surface area (Å²) in [5.74, 6) is 0.800. The van der Waals surface area contributed by atoms with Crippen molar-refractivity contribution in [2.75, 3.05) is 0 Å². The standard InChI is InChI=1S/C14H18F3N3/c1-10(5-4-8-14(15,16)17)18-9-13-19-11-6-2-3-7-12(11)20-13/h2-3,6-7,10,18H,4-5,8-9H2,1H3,(H,19,20). The lowest BCUT2D eigenvalue weighted by Gasteiger charge is -2.13. The van der Waals surface area contributed by atoms with Crippen LogP contribution in [0.4, 0.5) is 13.2 Å². The molecule has 0 saturated heterocycles. The Morgan fingerprint density at radius 2 is 2.05 bits per heavy atom. The molecule has 110 valence electrons. The van der Waals surface area contributed by atoms with Gasteiger partial charge in [-0.1, -0.05) is 12.1 Å². The SMILES string of the molecule is CC(CCCC(F)(F)F)NCc1nc2ccccc2[nH]1. The molecule has 2 N–H and O–H groups in total. The molecule has 0 bridgehead atoms. The van der Waals surface area contributed by atoms with Gasteiger partial charge >= 0.3 is 6.18 Å². The van der Waals surface area contributed by atoms with E-state index < -0.39 is 12.6 Å². The second-order valence-electron chi connectivity index (χ2n) is 4.99. The molecular weight excluding hydrogens is 267 g/mol. The van der Waals surface area contributed by atoms with Crippen LogP contribution >= 0.6 is 0 Å². The van der Waals surface area contributed by atoms with Crippen molar-refractivity contribution in [2.24, 2.45) is 0 Å². The highest BCUT2D eigenvalue weighted by atomic mass is 19.4. The highest BCUT2D eigenvalue weighted by Gasteiger charge is 2.26. The molecule has 0 aliphatic rings. The number of benzene rings is 1. The molecule has 0 radical (unpaired) electrons. The van der Waals surface area contributed by atoms with E-state index in [2.05, 4.69) is 15.3 Å². The van der Waals surface area contributed by atoms with Crippen molar-refractivity contribution in [1.82, 2.24) is 15.3 Å². The van der Waals surface area contributed by atoms with E-state index in [1.165, 1.54) is 0 Å². The van der Waals surface area contributed by atoms with Crippen LogP contribution in [0.15, 0.2) is 24.3 Å². The van der Waals surface area contributed by atoms with Crippen LogP contribution in [-0.2, 0) is 6.54 Å². The number of hydrogen-bond donors (Lipinski definition) is 2. The average molecular weight is 285 g/mol. The van der Waals surface area contributed by atoms with Gasteiger partial charge < -0.3 is 10.3 Å². The zero-order valence-electron chi connectivity index (χ0n) is 11.3. The number of para-hydroxylation sites is 2. The topological polar surface area (TPSA) is 40.7 Å². The number of halogens is 3. The van der Waals surface area contributed by atoms with Crippen LogP contribution in [0.2, 0.25) is 0 Å². The number of aromatic nitrogens is 2. The van der Waals surface area contributed by atoms with E-state index in [1.54, 1.807) is 0 Å². The third kappa shape index (κ3) is 4.52. The summed E-state index contributed by atoms with van der Waals surface area (Å²) in [7, 11) is 0. The van der Waals surface area contributed by atoms with Crippen molar-refractivity contribution < 1.29 is 13.2 Å². The minimum absolute atomic E-state index is 0.0329. The molecule has 1 heterocycles. The Morgan fingerprint density at radius 1 is 1.30 bits per heavy atom. The lowest BCUT2D eigenvalue weighted by atomic mass is 10.1. The number of imidazole rings is 1. The summed E-state index contributed by atoms with van der Waals surface area (Å²) >= 11 is 0. The lowest BCUT2D eigenvalue weighted by molar-refractivity contribution is -0.135. The third-order valence-electron chi connectivity index (χ3n) is 3.15. The number of fused-ring (bicyclic) bond motifs is 1. The van der Waals surface area contributed by atoms with Gasteiger partial charge in [0.25, 0.3) is 0 Å². The Labute approximate surface area is 115 Å². The number of rotatable bonds is 6. The summed E-state index contributed by atoms with van der Waals surface area (Å²) < 4.78 is 36.1. The number of hydrogen-bond acceptors (Lipinski definition) is 2. The van der Waals surface area contributed by atoms with Gasteiger partial charge in [-0.2, -0.15) is 13.2 Å². The minimum Gasteiger partial charge on any atom is -0.341 e. The van der Waals surface area contributed by atoms with Crippen molar-refractivity contribution in [2.45, 2.75) is 44.9 Å². The van der Waals surface area contributed by atoms with Crippen LogP contribution in [0.5, 0.6) is 0 Å². The molecule has 1 aromatic carbocycles. The monoisotopic (exact) mass is 285 g/mol. The van der Waals surface area contributed by atoms with E-state index in [1.807, 2.05) is 31.2 Å². The Balaban J connectivity index is 1.77. The Hall–Kier alpha value is -1.56. The quantitative estimate of drug-likeness (QED) is 0.848. The summed E-state index contributed by atoms with van der Waals surface area (Å²) in [4.78, 5) is 7.58. The lowest BCUT2D eigenvalue weighted by Crippen LogP contribution is -2.26. The highest BCUT2D eigenvalue weighted by molar-refractivity contribution is 5.74. The molecule has 1 aromatic heterocycles. The zero-order valence-corrected chi connectivity index (χ0v) is 11.3. The Bertz CT molecular complexity index is 515. The molecule has 0 spiro atoms. The molecule has 0 amide bonds. The number of alkyl halides is 3. The fourth-order valence-corrected chi connectivity index (χ4v) is 2.07. The minimum atomic E-state index is -4.06. The molecule has 2 rings (SSSR count). The number of H-pyrrole nitrogens is 1. The largest absolute Gasteiger partial charge is 0.389 e. The normalized spacial score (nSPS) is 13.8. The molecule has 3 nitrogen and oxygen atoms in total. The van der Waals surface area contributed by atoms with Crippen molar-refractivity contribution in [3.05, 3.63) is 30.1 Å².